The second kappa shape index (κ2) is 7.23. The summed E-state index contributed by atoms with van der Waals surface area (Å²) < 4.78 is 19.7. The van der Waals surface area contributed by atoms with Crippen molar-refractivity contribution in [3.63, 3.8) is 0 Å². The standard InChI is InChI=1S/C16H22FN3O3/c17-15-11-13(20(21)22)4-5-16(15)19-6-2-1-3-14(19)12-18-7-9-23-10-8-18/h4-5,11,14H,1-3,6-10,12H2. The Bertz CT molecular complexity index is 564. The average molecular weight is 323 g/mol. The number of benzene rings is 1. The van der Waals surface area contributed by atoms with E-state index in [9.17, 15) is 14.5 Å². The molecule has 2 aliphatic rings. The second-order valence-electron chi connectivity index (χ2n) is 6.15. The number of nitro benzene ring substituents is 1. The van der Waals surface area contributed by atoms with Crippen LogP contribution in [0.3, 0.4) is 0 Å². The molecule has 0 aliphatic carbocycles. The van der Waals surface area contributed by atoms with Crippen LogP contribution in [0.5, 0.6) is 0 Å². The summed E-state index contributed by atoms with van der Waals surface area (Å²) in [6, 6.07) is 4.21. The molecule has 2 fully saturated rings. The molecule has 1 unspecified atom stereocenters. The largest absolute Gasteiger partial charge is 0.379 e. The molecule has 2 heterocycles. The van der Waals surface area contributed by atoms with Crippen molar-refractivity contribution in [1.29, 1.82) is 0 Å². The number of nitro groups is 1. The van der Waals surface area contributed by atoms with Crippen LogP contribution in [-0.2, 0) is 4.74 Å². The minimum absolute atomic E-state index is 0.201. The summed E-state index contributed by atoms with van der Waals surface area (Å²) in [5.74, 6) is -0.506. The van der Waals surface area contributed by atoms with Gasteiger partial charge in [0.05, 0.1) is 29.9 Å². The van der Waals surface area contributed by atoms with Gasteiger partial charge in [0, 0.05) is 38.3 Å². The van der Waals surface area contributed by atoms with E-state index in [-0.39, 0.29) is 11.7 Å². The first-order chi connectivity index (χ1) is 11.1. The predicted octanol–water partition coefficient (Wildman–Crippen LogP) is 2.43. The molecule has 0 amide bonds. The number of nitrogens with zero attached hydrogens (tertiary/aromatic N) is 3. The smallest absolute Gasteiger partial charge is 0.272 e. The number of hydrogen-bond donors (Lipinski definition) is 0. The number of anilines is 1. The Morgan fingerprint density at radius 1 is 1.26 bits per heavy atom. The zero-order chi connectivity index (χ0) is 16.2. The lowest BCUT2D eigenvalue weighted by Gasteiger charge is -2.41. The van der Waals surface area contributed by atoms with E-state index < -0.39 is 10.7 Å². The fraction of sp³-hybridized carbons (Fsp3) is 0.625. The maximum atomic E-state index is 14.4. The van der Waals surface area contributed by atoms with Crippen molar-refractivity contribution in [2.45, 2.75) is 25.3 Å². The highest BCUT2D eigenvalue weighted by Gasteiger charge is 2.27. The third kappa shape index (κ3) is 3.79. The molecule has 1 atom stereocenters. The molecule has 0 spiro atoms. The van der Waals surface area contributed by atoms with Crippen molar-refractivity contribution < 1.29 is 14.1 Å². The average Bonchev–Trinajstić information content (AvgIpc) is 2.56. The monoisotopic (exact) mass is 323 g/mol. The summed E-state index contributed by atoms with van der Waals surface area (Å²) in [6.45, 7) is 5.00. The van der Waals surface area contributed by atoms with Crippen LogP contribution in [0.2, 0.25) is 0 Å². The molecule has 3 rings (SSSR count). The molecule has 1 aromatic rings. The summed E-state index contributed by atoms with van der Waals surface area (Å²) in [7, 11) is 0. The first kappa shape index (κ1) is 16.1. The van der Waals surface area contributed by atoms with Gasteiger partial charge in [-0.25, -0.2) is 4.39 Å². The van der Waals surface area contributed by atoms with Gasteiger partial charge in [-0.15, -0.1) is 0 Å². The van der Waals surface area contributed by atoms with Crippen molar-refractivity contribution in [3.8, 4) is 0 Å². The summed E-state index contributed by atoms with van der Waals surface area (Å²) in [5, 5.41) is 10.8. The Balaban J connectivity index is 1.76. The molecule has 0 aromatic heterocycles. The number of hydrogen-bond acceptors (Lipinski definition) is 5. The van der Waals surface area contributed by atoms with Crippen LogP contribution in [0.15, 0.2) is 18.2 Å². The van der Waals surface area contributed by atoms with Gasteiger partial charge in [-0.05, 0) is 25.3 Å². The molecule has 6 nitrogen and oxygen atoms in total. The molecule has 7 heteroatoms. The van der Waals surface area contributed by atoms with Gasteiger partial charge in [-0.3, -0.25) is 15.0 Å². The minimum atomic E-state index is -0.561. The van der Waals surface area contributed by atoms with Gasteiger partial charge in [0.2, 0.25) is 0 Å². The van der Waals surface area contributed by atoms with Crippen LogP contribution < -0.4 is 4.90 Å². The Labute approximate surface area is 135 Å². The Morgan fingerprint density at radius 2 is 2.04 bits per heavy atom. The number of halogens is 1. The van der Waals surface area contributed by atoms with Crippen LogP contribution in [0.4, 0.5) is 15.8 Å². The normalized spacial score (nSPS) is 23.0. The van der Waals surface area contributed by atoms with E-state index in [2.05, 4.69) is 9.80 Å². The van der Waals surface area contributed by atoms with Crippen LogP contribution >= 0.6 is 0 Å². The number of morpholine rings is 1. The molecular weight excluding hydrogens is 301 g/mol. The summed E-state index contributed by atoms with van der Waals surface area (Å²) in [5.41, 5.74) is 0.279. The van der Waals surface area contributed by atoms with Gasteiger partial charge in [-0.2, -0.15) is 0 Å². The maximum Gasteiger partial charge on any atom is 0.272 e. The van der Waals surface area contributed by atoms with E-state index in [0.29, 0.717) is 5.69 Å². The molecule has 0 saturated carbocycles. The first-order valence-corrected chi connectivity index (χ1v) is 8.16. The molecule has 2 aliphatic heterocycles. The van der Waals surface area contributed by atoms with Crippen LogP contribution in [0.1, 0.15) is 19.3 Å². The van der Waals surface area contributed by atoms with Crippen LogP contribution in [0.25, 0.3) is 0 Å². The second-order valence-corrected chi connectivity index (χ2v) is 6.15. The quantitative estimate of drug-likeness (QED) is 0.629. The molecule has 0 bridgehead atoms. The lowest BCUT2D eigenvalue weighted by Crippen LogP contribution is -2.49. The molecule has 23 heavy (non-hydrogen) atoms. The summed E-state index contributed by atoms with van der Waals surface area (Å²) in [6.07, 6.45) is 3.18. The van der Waals surface area contributed by atoms with E-state index in [1.165, 1.54) is 6.07 Å². The minimum Gasteiger partial charge on any atom is -0.379 e. The van der Waals surface area contributed by atoms with Gasteiger partial charge < -0.3 is 9.64 Å². The lowest BCUT2D eigenvalue weighted by molar-refractivity contribution is -0.385. The van der Waals surface area contributed by atoms with Crippen molar-refractivity contribution >= 4 is 11.4 Å². The number of ether oxygens (including phenoxy) is 1. The highest BCUT2D eigenvalue weighted by molar-refractivity contribution is 5.53. The highest BCUT2D eigenvalue weighted by atomic mass is 19.1. The summed E-state index contributed by atoms with van der Waals surface area (Å²) in [4.78, 5) is 14.7. The SMILES string of the molecule is O=[N+]([O-])c1ccc(N2CCCCC2CN2CCOCC2)c(F)c1. The number of non-ortho nitro benzene ring substituents is 1. The zero-order valence-corrected chi connectivity index (χ0v) is 13.1. The molecule has 2 saturated heterocycles. The molecule has 0 N–H and O–H groups in total. The molecule has 0 radical (unpaired) electrons. The third-order valence-corrected chi connectivity index (χ3v) is 4.65. The molecular formula is C16H22FN3O3. The first-order valence-electron chi connectivity index (χ1n) is 8.16. The highest BCUT2D eigenvalue weighted by Crippen LogP contribution is 2.30. The molecule has 1 aromatic carbocycles. The predicted molar refractivity (Wildman–Crippen MR) is 85.3 cm³/mol. The van der Waals surface area contributed by atoms with E-state index in [1.54, 1.807) is 6.07 Å². The number of piperidine rings is 1. The van der Waals surface area contributed by atoms with Crippen molar-refractivity contribution in [3.05, 3.63) is 34.1 Å². The van der Waals surface area contributed by atoms with Crippen molar-refractivity contribution in [2.24, 2.45) is 0 Å². The zero-order valence-electron chi connectivity index (χ0n) is 13.1. The Hall–Kier alpha value is -1.73. The van der Waals surface area contributed by atoms with Crippen molar-refractivity contribution in [2.75, 3.05) is 44.3 Å². The van der Waals surface area contributed by atoms with E-state index >= 15 is 0 Å². The molecule has 126 valence electrons. The fourth-order valence-corrected chi connectivity index (χ4v) is 3.43. The van der Waals surface area contributed by atoms with Gasteiger partial charge in [0.25, 0.3) is 5.69 Å². The Morgan fingerprint density at radius 3 is 2.74 bits per heavy atom. The maximum absolute atomic E-state index is 14.4. The van der Waals surface area contributed by atoms with Gasteiger partial charge in [0.1, 0.15) is 0 Å². The Kier molecular flexibility index (Phi) is 5.07. The summed E-state index contributed by atoms with van der Waals surface area (Å²) >= 11 is 0. The van der Waals surface area contributed by atoms with E-state index in [4.69, 9.17) is 4.74 Å². The van der Waals surface area contributed by atoms with E-state index in [0.717, 1.165) is 64.7 Å². The fourth-order valence-electron chi connectivity index (χ4n) is 3.43. The lowest BCUT2D eigenvalue weighted by atomic mass is 10.00. The van der Waals surface area contributed by atoms with Crippen LogP contribution in [0, 0.1) is 15.9 Å². The topological polar surface area (TPSA) is 58.9 Å². The van der Waals surface area contributed by atoms with Gasteiger partial charge in [0.15, 0.2) is 5.82 Å². The van der Waals surface area contributed by atoms with Crippen molar-refractivity contribution in [1.82, 2.24) is 4.90 Å². The third-order valence-electron chi connectivity index (χ3n) is 4.65. The number of rotatable bonds is 4. The van der Waals surface area contributed by atoms with E-state index in [1.807, 2.05) is 0 Å². The van der Waals surface area contributed by atoms with Gasteiger partial charge >= 0.3 is 0 Å². The van der Waals surface area contributed by atoms with Gasteiger partial charge in [-0.1, -0.05) is 0 Å². The van der Waals surface area contributed by atoms with Crippen LogP contribution in [-0.4, -0.2) is 55.3 Å².